The molecule has 11 heteroatoms. The number of phenols is 1. The average molecular weight is 630 g/mol. The number of hydrogen-bond donors (Lipinski definition) is 1. The normalized spacial score (nSPS) is 32.3. The Balaban J connectivity index is 1.45. The van der Waals surface area contributed by atoms with Crippen LogP contribution in [0.15, 0.2) is 54.1 Å². The lowest BCUT2D eigenvalue weighted by molar-refractivity contribution is -0.138. The minimum atomic E-state index is -1.86. The van der Waals surface area contributed by atoms with Gasteiger partial charge in [-0.2, -0.15) is 0 Å². The molecule has 0 spiro atoms. The average Bonchev–Trinajstić information content (AvgIpc) is 3.29. The number of likely N-dealkylation sites (tertiary alicyclic amines) is 1. The van der Waals surface area contributed by atoms with Crippen molar-refractivity contribution in [1.29, 1.82) is 0 Å². The monoisotopic (exact) mass is 628 g/mol. The summed E-state index contributed by atoms with van der Waals surface area (Å²) in [5.74, 6) is -4.76. The summed E-state index contributed by atoms with van der Waals surface area (Å²) >= 11 is 20.6. The van der Waals surface area contributed by atoms with Gasteiger partial charge in [-0.1, -0.05) is 47.5 Å². The third kappa shape index (κ3) is 3.81. The van der Waals surface area contributed by atoms with Crippen molar-refractivity contribution in [3.63, 3.8) is 0 Å². The Morgan fingerprint density at radius 1 is 1.02 bits per heavy atom. The molecule has 6 rings (SSSR count). The van der Waals surface area contributed by atoms with Crippen LogP contribution in [0.5, 0.6) is 11.5 Å². The number of rotatable bonds is 4. The molecule has 1 saturated carbocycles. The number of halogens is 3. The number of nitrogens with zero attached hydrogens (tertiary/aromatic N) is 2. The lowest BCUT2D eigenvalue weighted by atomic mass is 9.57. The molecule has 3 fully saturated rings. The molecule has 0 radical (unpaired) electrons. The lowest BCUT2D eigenvalue weighted by Crippen LogP contribution is -2.60. The van der Waals surface area contributed by atoms with E-state index in [4.69, 9.17) is 39.5 Å². The fraction of sp³-hybridized carbons (Fsp3) is 0.355. The molecule has 4 aliphatic rings. The highest BCUT2D eigenvalue weighted by Crippen LogP contribution is 2.63. The van der Waals surface area contributed by atoms with Crippen LogP contribution in [0, 0.1) is 30.6 Å². The molecule has 0 aromatic heterocycles. The van der Waals surface area contributed by atoms with Crippen molar-refractivity contribution in [1.82, 2.24) is 4.90 Å². The predicted molar refractivity (Wildman–Crippen MR) is 159 cm³/mol. The number of benzene rings is 2. The summed E-state index contributed by atoms with van der Waals surface area (Å²) in [6, 6.07) is 9.77. The van der Waals surface area contributed by atoms with Gasteiger partial charge in [0.25, 0.3) is 11.8 Å². The molecular weight excluding hydrogens is 603 g/mol. The topological polar surface area (TPSA) is 104 Å². The first-order valence-electron chi connectivity index (χ1n) is 13.4. The lowest BCUT2D eigenvalue weighted by Gasteiger charge is -2.49. The second kappa shape index (κ2) is 9.86. The molecule has 2 aromatic carbocycles. The van der Waals surface area contributed by atoms with Crippen LogP contribution in [0.4, 0.5) is 5.69 Å². The molecule has 6 atom stereocenters. The number of alkyl halides is 2. The van der Waals surface area contributed by atoms with Gasteiger partial charge in [-0.15, -0.1) is 23.2 Å². The number of allylic oxidation sites excluding steroid dienone is 3. The summed E-state index contributed by atoms with van der Waals surface area (Å²) < 4.78 is 5.21. The van der Waals surface area contributed by atoms with Crippen LogP contribution in [-0.4, -0.2) is 57.5 Å². The molecule has 218 valence electrons. The summed E-state index contributed by atoms with van der Waals surface area (Å²) in [5.41, 5.74) is 2.52. The van der Waals surface area contributed by atoms with Gasteiger partial charge < -0.3 is 9.84 Å². The number of hydrogen-bond acceptors (Lipinski definition) is 6. The van der Waals surface area contributed by atoms with Gasteiger partial charge in [0, 0.05) is 18.0 Å². The SMILES string of the molecule is COc1cc(C=CC2C3=CCC4C(=O)N(c5ccc(C)c(Cl)c5)C(=O)C4C3CC3(Cl)C(=O)N(C)C(=O)C23Cl)ccc1O. The van der Waals surface area contributed by atoms with Gasteiger partial charge in [-0.05, 0) is 61.1 Å². The molecule has 2 aliphatic heterocycles. The van der Waals surface area contributed by atoms with Crippen LogP contribution in [0.25, 0.3) is 6.08 Å². The number of carbonyl (C=O) groups excluding carboxylic acids is 4. The van der Waals surface area contributed by atoms with Crippen molar-refractivity contribution in [2.24, 2.45) is 23.7 Å². The molecule has 1 N–H and O–H groups in total. The first-order chi connectivity index (χ1) is 19.8. The first kappa shape index (κ1) is 28.8. The Bertz CT molecular complexity index is 1640. The summed E-state index contributed by atoms with van der Waals surface area (Å²) in [7, 11) is 2.77. The second-order valence-corrected chi connectivity index (χ2v) is 12.9. The van der Waals surface area contributed by atoms with Gasteiger partial charge in [-0.25, -0.2) is 4.90 Å². The number of imide groups is 2. The quantitative estimate of drug-likeness (QED) is 0.287. The zero-order valence-corrected chi connectivity index (χ0v) is 25.2. The molecule has 2 heterocycles. The van der Waals surface area contributed by atoms with Gasteiger partial charge in [0.15, 0.2) is 21.2 Å². The van der Waals surface area contributed by atoms with E-state index >= 15 is 0 Å². The third-order valence-electron chi connectivity index (χ3n) is 9.17. The third-order valence-corrected chi connectivity index (χ3v) is 11.0. The Kier molecular flexibility index (Phi) is 6.76. The van der Waals surface area contributed by atoms with Gasteiger partial charge in [0.1, 0.15) is 0 Å². The second-order valence-electron chi connectivity index (χ2n) is 11.3. The highest BCUT2D eigenvalue weighted by molar-refractivity contribution is 6.53. The number of phenolic OH excluding ortho intramolecular Hbond substituents is 1. The van der Waals surface area contributed by atoms with E-state index in [1.807, 2.05) is 13.0 Å². The zero-order chi connectivity index (χ0) is 30.3. The van der Waals surface area contributed by atoms with E-state index in [9.17, 15) is 24.3 Å². The summed E-state index contributed by atoms with van der Waals surface area (Å²) in [5, 5.41) is 10.4. The summed E-state index contributed by atoms with van der Waals surface area (Å²) in [6.07, 6.45) is 5.46. The van der Waals surface area contributed by atoms with Crippen molar-refractivity contribution in [3.8, 4) is 11.5 Å². The highest BCUT2D eigenvalue weighted by Gasteiger charge is 2.75. The van der Waals surface area contributed by atoms with E-state index in [1.165, 1.54) is 25.1 Å². The Morgan fingerprint density at radius 2 is 1.76 bits per heavy atom. The number of aromatic hydroxyl groups is 1. The molecule has 42 heavy (non-hydrogen) atoms. The molecule has 2 aromatic rings. The number of carbonyl (C=O) groups is 4. The Hall–Kier alpha value is -3.33. The van der Waals surface area contributed by atoms with Crippen LogP contribution in [-0.2, 0) is 19.2 Å². The Labute approximate surface area is 257 Å². The van der Waals surface area contributed by atoms with E-state index in [1.54, 1.807) is 42.5 Å². The van der Waals surface area contributed by atoms with Crippen molar-refractivity contribution >= 4 is 70.2 Å². The largest absolute Gasteiger partial charge is 0.504 e. The number of amides is 4. The minimum absolute atomic E-state index is 0.0379. The van der Waals surface area contributed by atoms with Crippen LogP contribution >= 0.6 is 34.8 Å². The van der Waals surface area contributed by atoms with Gasteiger partial charge >= 0.3 is 0 Å². The fourth-order valence-corrected chi connectivity index (χ4v) is 8.12. The standard InChI is InChI=1S/C31H27Cl3N2O6/c1-15-4-7-17(13-22(15)32)36-26(38)19-9-8-18-20(25(19)27(36)39)14-30(33)28(40)35(2)29(41)31(30,34)21(18)10-5-16-6-11-23(37)24(12-16)42-3/h4-8,10-13,19-21,25,37H,9,14H2,1-3H3. The molecule has 0 bridgehead atoms. The Morgan fingerprint density at radius 3 is 2.45 bits per heavy atom. The predicted octanol–water partition coefficient (Wildman–Crippen LogP) is 5.10. The van der Waals surface area contributed by atoms with E-state index < -0.39 is 51.1 Å². The van der Waals surface area contributed by atoms with Crippen molar-refractivity contribution < 1.29 is 29.0 Å². The van der Waals surface area contributed by atoms with Crippen LogP contribution in [0.2, 0.25) is 5.02 Å². The molecule has 2 saturated heterocycles. The van der Waals surface area contributed by atoms with Gasteiger partial charge in [0.05, 0.1) is 24.6 Å². The van der Waals surface area contributed by atoms with E-state index in [0.717, 1.165) is 10.5 Å². The highest BCUT2D eigenvalue weighted by atomic mass is 35.5. The fourth-order valence-electron chi connectivity index (χ4n) is 6.97. The molecule has 4 amide bonds. The van der Waals surface area contributed by atoms with Crippen LogP contribution in [0.3, 0.4) is 0 Å². The minimum Gasteiger partial charge on any atom is -0.504 e. The van der Waals surface area contributed by atoms with Crippen LogP contribution < -0.4 is 9.64 Å². The number of ether oxygens (including phenoxy) is 1. The molecule has 8 nitrogen and oxygen atoms in total. The number of aryl methyl sites for hydroxylation is 1. The maximum Gasteiger partial charge on any atom is 0.253 e. The number of anilines is 1. The van der Waals surface area contributed by atoms with Crippen molar-refractivity contribution in [2.75, 3.05) is 19.1 Å². The van der Waals surface area contributed by atoms with Crippen molar-refractivity contribution in [2.45, 2.75) is 29.5 Å². The van der Waals surface area contributed by atoms with Crippen LogP contribution in [0.1, 0.15) is 24.0 Å². The van der Waals surface area contributed by atoms with E-state index in [2.05, 4.69) is 0 Å². The number of fused-ring (bicyclic) bond motifs is 4. The maximum atomic E-state index is 14.0. The molecule has 6 unspecified atom stereocenters. The van der Waals surface area contributed by atoms with Gasteiger partial charge in [0.2, 0.25) is 11.8 Å². The van der Waals surface area contributed by atoms with E-state index in [-0.39, 0.29) is 30.2 Å². The molecule has 2 aliphatic carbocycles. The molecular formula is C31H27Cl3N2O6. The zero-order valence-electron chi connectivity index (χ0n) is 22.9. The maximum absolute atomic E-state index is 14.0. The smallest absolute Gasteiger partial charge is 0.253 e. The first-order valence-corrected chi connectivity index (χ1v) is 14.6. The van der Waals surface area contributed by atoms with E-state index in [0.29, 0.717) is 21.8 Å². The summed E-state index contributed by atoms with van der Waals surface area (Å²) in [6.45, 7) is 1.83. The van der Waals surface area contributed by atoms with Crippen molar-refractivity contribution in [3.05, 3.63) is 70.3 Å². The number of methoxy groups -OCH3 is 1. The van der Waals surface area contributed by atoms with Gasteiger partial charge in [-0.3, -0.25) is 24.1 Å². The summed E-state index contributed by atoms with van der Waals surface area (Å²) in [4.78, 5) is 53.2.